The summed E-state index contributed by atoms with van der Waals surface area (Å²) in [6, 6.07) is 1.81. The fraction of sp³-hybridized carbons (Fsp3) is 0.364. The van der Waals surface area contributed by atoms with Crippen LogP contribution in [0.1, 0.15) is 21.0 Å². The van der Waals surface area contributed by atoms with Crippen LogP contribution < -0.4 is 0 Å². The standard InChI is InChI=1S/C11H12N6O2S/c18-10(8-1-6-20-7-8)16-2-4-17(5-3-16)11(19)9-12-14-15-13-9/h1,6-7H,2-5H2,(H,12,13,14,15). The molecule has 20 heavy (non-hydrogen) atoms. The first-order valence-corrected chi connectivity index (χ1v) is 7.04. The lowest BCUT2D eigenvalue weighted by Gasteiger charge is -2.34. The molecule has 0 aromatic carbocycles. The fourth-order valence-electron chi connectivity index (χ4n) is 2.08. The molecule has 1 N–H and O–H groups in total. The van der Waals surface area contributed by atoms with Crippen molar-refractivity contribution >= 4 is 23.2 Å². The van der Waals surface area contributed by atoms with Crippen LogP contribution in [0.5, 0.6) is 0 Å². The molecule has 3 heterocycles. The molecule has 0 bridgehead atoms. The third-order valence-electron chi connectivity index (χ3n) is 3.16. The first-order chi connectivity index (χ1) is 9.75. The van der Waals surface area contributed by atoms with Crippen molar-refractivity contribution in [3.05, 3.63) is 28.2 Å². The number of aromatic amines is 1. The van der Waals surface area contributed by atoms with Gasteiger partial charge in [-0.05, 0) is 16.7 Å². The average molecular weight is 292 g/mol. The molecule has 8 nitrogen and oxygen atoms in total. The smallest absolute Gasteiger partial charge is 0.295 e. The van der Waals surface area contributed by atoms with E-state index in [0.29, 0.717) is 31.7 Å². The van der Waals surface area contributed by atoms with E-state index >= 15 is 0 Å². The lowest BCUT2D eigenvalue weighted by molar-refractivity contribution is 0.0529. The minimum absolute atomic E-state index is 0.0120. The summed E-state index contributed by atoms with van der Waals surface area (Å²) in [6.45, 7) is 1.98. The molecule has 0 saturated carbocycles. The number of aromatic nitrogens is 4. The van der Waals surface area contributed by atoms with Crippen LogP contribution in [0.15, 0.2) is 16.8 Å². The molecule has 1 aliphatic heterocycles. The molecule has 2 aromatic heterocycles. The van der Waals surface area contributed by atoms with Crippen molar-refractivity contribution < 1.29 is 9.59 Å². The number of tetrazole rings is 1. The summed E-state index contributed by atoms with van der Waals surface area (Å²) in [6.07, 6.45) is 0. The van der Waals surface area contributed by atoms with Gasteiger partial charge in [-0.3, -0.25) is 9.59 Å². The van der Waals surface area contributed by atoms with Gasteiger partial charge in [0.1, 0.15) is 0 Å². The number of carbonyl (C=O) groups is 2. The van der Waals surface area contributed by atoms with Crippen LogP contribution in [0.3, 0.4) is 0 Å². The second-order valence-electron chi connectivity index (χ2n) is 4.33. The Bertz CT molecular complexity index is 534. The molecule has 1 aliphatic rings. The molecule has 1 fully saturated rings. The van der Waals surface area contributed by atoms with Crippen molar-refractivity contribution in [1.82, 2.24) is 30.4 Å². The van der Waals surface area contributed by atoms with E-state index in [9.17, 15) is 9.59 Å². The zero-order chi connectivity index (χ0) is 13.9. The summed E-state index contributed by atoms with van der Waals surface area (Å²) < 4.78 is 0. The predicted octanol–water partition coefficient (Wildman–Crippen LogP) is -0.141. The Hall–Kier alpha value is -2.29. The average Bonchev–Trinajstić information content (AvgIpc) is 3.18. The maximum Gasteiger partial charge on any atom is 0.295 e. The summed E-state index contributed by atoms with van der Waals surface area (Å²) >= 11 is 1.50. The monoisotopic (exact) mass is 292 g/mol. The number of hydrogen-bond donors (Lipinski definition) is 1. The van der Waals surface area contributed by atoms with Gasteiger partial charge < -0.3 is 9.80 Å². The van der Waals surface area contributed by atoms with E-state index in [4.69, 9.17) is 0 Å². The third-order valence-corrected chi connectivity index (χ3v) is 3.84. The Morgan fingerprint density at radius 2 is 1.85 bits per heavy atom. The van der Waals surface area contributed by atoms with Crippen LogP contribution in [0.25, 0.3) is 0 Å². The lowest BCUT2D eigenvalue weighted by atomic mass is 10.2. The number of carbonyl (C=O) groups excluding carboxylic acids is 2. The van der Waals surface area contributed by atoms with Crippen LogP contribution in [-0.2, 0) is 0 Å². The van der Waals surface area contributed by atoms with E-state index in [0.717, 1.165) is 0 Å². The molecule has 2 aromatic rings. The Labute approximate surface area is 118 Å². The Morgan fingerprint density at radius 1 is 1.15 bits per heavy atom. The van der Waals surface area contributed by atoms with Gasteiger partial charge in [-0.15, -0.1) is 10.2 Å². The number of nitrogens with one attached hydrogen (secondary N) is 1. The van der Waals surface area contributed by atoms with Crippen molar-refractivity contribution in [1.29, 1.82) is 0 Å². The lowest BCUT2D eigenvalue weighted by Crippen LogP contribution is -2.50. The maximum absolute atomic E-state index is 12.2. The predicted molar refractivity (Wildman–Crippen MR) is 70.3 cm³/mol. The SMILES string of the molecule is O=C(c1ccsc1)N1CCN(C(=O)c2nn[nH]n2)CC1. The molecule has 104 valence electrons. The highest BCUT2D eigenvalue weighted by atomic mass is 32.1. The summed E-state index contributed by atoms with van der Waals surface area (Å²) in [5.41, 5.74) is 0.702. The van der Waals surface area contributed by atoms with E-state index in [1.807, 2.05) is 16.8 Å². The first-order valence-electron chi connectivity index (χ1n) is 6.10. The Morgan fingerprint density at radius 3 is 2.40 bits per heavy atom. The minimum atomic E-state index is -0.263. The van der Waals surface area contributed by atoms with Gasteiger partial charge in [-0.2, -0.15) is 16.6 Å². The molecule has 0 radical (unpaired) electrons. The van der Waals surface area contributed by atoms with E-state index in [1.54, 1.807) is 9.80 Å². The van der Waals surface area contributed by atoms with E-state index in [1.165, 1.54) is 11.3 Å². The molecule has 2 amide bonds. The second-order valence-corrected chi connectivity index (χ2v) is 5.11. The molecule has 0 atom stereocenters. The summed E-state index contributed by atoms with van der Waals surface area (Å²) in [4.78, 5) is 27.5. The molecule has 1 saturated heterocycles. The minimum Gasteiger partial charge on any atom is -0.335 e. The van der Waals surface area contributed by atoms with Crippen LogP contribution in [0.2, 0.25) is 0 Å². The van der Waals surface area contributed by atoms with Crippen LogP contribution >= 0.6 is 11.3 Å². The quantitative estimate of drug-likeness (QED) is 0.831. The molecular weight excluding hydrogens is 280 g/mol. The number of thiophene rings is 1. The number of H-pyrrole nitrogens is 1. The Kier molecular flexibility index (Phi) is 3.42. The number of nitrogens with zero attached hydrogens (tertiary/aromatic N) is 5. The summed E-state index contributed by atoms with van der Waals surface area (Å²) in [5.74, 6) is -0.193. The molecule has 0 unspecified atom stereocenters. The maximum atomic E-state index is 12.2. The van der Waals surface area contributed by atoms with Gasteiger partial charge in [0.15, 0.2) is 0 Å². The second kappa shape index (κ2) is 5.37. The number of amides is 2. The van der Waals surface area contributed by atoms with Crippen molar-refractivity contribution in [2.45, 2.75) is 0 Å². The highest BCUT2D eigenvalue weighted by Gasteiger charge is 2.27. The van der Waals surface area contributed by atoms with Gasteiger partial charge >= 0.3 is 0 Å². The summed E-state index contributed by atoms with van der Waals surface area (Å²) in [5, 5.41) is 16.7. The normalized spacial score (nSPS) is 15.4. The fourth-order valence-corrected chi connectivity index (χ4v) is 2.70. The van der Waals surface area contributed by atoms with Gasteiger partial charge in [0.05, 0.1) is 5.56 Å². The number of rotatable bonds is 2. The van der Waals surface area contributed by atoms with Crippen molar-refractivity contribution in [2.24, 2.45) is 0 Å². The van der Waals surface area contributed by atoms with Gasteiger partial charge in [0.25, 0.3) is 17.6 Å². The van der Waals surface area contributed by atoms with Gasteiger partial charge in [0, 0.05) is 31.6 Å². The highest BCUT2D eigenvalue weighted by Crippen LogP contribution is 2.12. The van der Waals surface area contributed by atoms with E-state index in [-0.39, 0.29) is 17.6 Å². The van der Waals surface area contributed by atoms with Crippen LogP contribution in [-0.4, -0.2) is 68.4 Å². The summed E-state index contributed by atoms with van der Waals surface area (Å²) in [7, 11) is 0. The van der Waals surface area contributed by atoms with Crippen molar-refractivity contribution in [2.75, 3.05) is 26.2 Å². The largest absolute Gasteiger partial charge is 0.335 e. The van der Waals surface area contributed by atoms with E-state index in [2.05, 4.69) is 20.6 Å². The molecule has 3 rings (SSSR count). The van der Waals surface area contributed by atoms with Gasteiger partial charge in [-0.1, -0.05) is 0 Å². The van der Waals surface area contributed by atoms with Crippen LogP contribution in [0, 0.1) is 0 Å². The van der Waals surface area contributed by atoms with Crippen molar-refractivity contribution in [3.63, 3.8) is 0 Å². The zero-order valence-corrected chi connectivity index (χ0v) is 11.3. The number of hydrogen-bond acceptors (Lipinski definition) is 6. The topological polar surface area (TPSA) is 95.1 Å². The molecule has 9 heteroatoms. The number of piperazine rings is 1. The molecule has 0 aliphatic carbocycles. The third kappa shape index (κ3) is 2.39. The molecular formula is C11H12N6O2S. The Balaban J connectivity index is 1.60. The first kappa shape index (κ1) is 12.7. The van der Waals surface area contributed by atoms with Crippen molar-refractivity contribution in [3.8, 4) is 0 Å². The molecule has 0 spiro atoms. The van der Waals surface area contributed by atoms with Gasteiger partial charge in [0.2, 0.25) is 0 Å². The highest BCUT2D eigenvalue weighted by molar-refractivity contribution is 7.08. The zero-order valence-electron chi connectivity index (χ0n) is 10.5. The van der Waals surface area contributed by atoms with Crippen LogP contribution in [0.4, 0.5) is 0 Å². The van der Waals surface area contributed by atoms with E-state index < -0.39 is 0 Å². The van der Waals surface area contributed by atoms with Gasteiger partial charge in [-0.25, -0.2) is 0 Å².